The number of rotatable bonds is 5. The minimum Gasteiger partial charge on any atom is -0.378 e. The Balaban J connectivity index is 3.87. The smallest absolute Gasteiger partial charge is 0.223 e. The van der Waals surface area contributed by atoms with E-state index in [1.54, 1.807) is 7.11 Å². The zero-order valence-corrected chi connectivity index (χ0v) is 9.31. The summed E-state index contributed by atoms with van der Waals surface area (Å²) in [6.07, 6.45) is 1.37. The lowest BCUT2D eigenvalue weighted by atomic mass is 10.0. The van der Waals surface area contributed by atoms with E-state index in [2.05, 4.69) is 5.32 Å². The van der Waals surface area contributed by atoms with E-state index in [0.717, 1.165) is 6.42 Å². The van der Waals surface area contributed by atoms with Gasteiger partial charge in [-0.05, 0) is 27.2 Å². The van der Waals surface area contributed by atoms with Crippen LogP contribution < -0.4 is 5.32 Å². The van der Waals surface area contributed by atoms with Gasteiger partial charge in [-0.1, -0.05) is 6.92 Å². The third-order valence-corrected chi connectivity index (χ3v) is 2.16. The number of ether oxygens (including phenoxy) is 1. The number of carbonyl (C=O) groups excluding carboxylic acids is 1. The van der Waals surface area contributed by atoms with Gasteiger partial charge in [0.25, 0.3) is 0 Å². The Morgan fingerprint density at radius 1 is 1.54 bits per heavy atom. The first kappa shape index (κ1) is 12.4. The molecule has 0 aliphatic rings. The minimum absolute atomic E-state index is 0.0567. The van der Waals surface area contributed by atoms with Crippen LogP contribution in [0.4, 0.5) is 0 Å². The topological polar surface area (TPSA) is 38.3 Å². The maximum Gasteiger partial charge on any atom is 0.223 e. The Labute approximate surface area is 80.8 Å². The summed E-state index contributed by atoms with van der Waals surface area (Å²) in [5.74, 6) is 0.0567. The van der Waals surface area contributed by atoms with Gasteiger partial charge >= 0.3 is 0 Å². The summed E-state index contributed by atoms with van der Waals surface area (Å²) in [5.41, 5.74) is -0.364. The molecule has 0 fully saturated rings. The summed E-state index contributed by atoms with van der Waals surface area (Å²) >= 11 is 0. The van der Waals surface area contributed by atoms with E-state index >= 15 is 0 Å². The van der Waals surface area contributed by atoms with E-state index in [-0.39, 0.29) is 17.6 Å². The molecule has 0 aromatic rings. The first-order valence-electron chi connectivity index (χ1n) is 4.75. The van der Waals surface area contributed by atoms with Gasteiger partial charge in [0.2, 0.25) is 5.91 Å². The van der Waals surface area contributed by atoms with Crippen molar-refractivity contribution in [3.05, 3.63) is 0 Å². The van der Waals surface area contributed by atoms with Crippen LogP contribution in [0, 0.1) is 0 Å². The van der Waals surface area contributed by atoms with E-state index in [0.29, 0.717) is 6.42 Å². The number of amides is 1. The number of hydrogen-bond acceptors (Lipinski definition) is 2. The normalized spacial score (nSPS) is 13.9. The van der Waals surface area contributed by atoms with Crippen LogP contribution in [0.5, 0.6) is 0 Å². The van der Waals surface area contributed by atoms with Crippen molar-refractivity contribution >= 4 is 5.91 Å². The van der Waals surface area contributed by atoms with Crippen LogP contribution in [0.1, 0.15) is 40.5 Å². The van der Waals surface area contributed by atoms with Gasteiger partial charge in [-0.2, -0.15) is 0 Å². The molecule has 0 saturated heterocycles. The fourth-order valence-corrected chi connectivity index (χ4v) is 0.887. The van der Waals surface area contributed by atoms with Gasteiger partial charge in [0.05, 0.1) is 12.0 Å². The van der Waals surface area contributed by atoms with Gasteiger partial charge in [0, 0.05) is 13.2 Å². The molecule has 0 aliphatic carbocycles. The van der Waals surface area contributed by atoms with Crippen molar-refractivity contribution in [1.82, 2.24) is 5.32 Å². The molecule has 3 nitrogen and oxygen atoms in total. The predicted octanol–water partition coefficient (Wildman–Crippen LogP) is 1.72. The number of methoxy groups -OCH3 is 1. The lowest BCUT2D eigenvalue weighted by Crippen LogP contribution is -2.37. The zero-order chi connectivity index (χ0) is 10.5. The maximum atomic E-state index is 11.4. The molecule has 1 unspecified atom stereocenters. The van der Waals surface area contributed by atoms with Crippen LogP contribution in [-0.2, 0) is 9.53 Å². The van der Waals surface area contributed by atoms with Crippen LogP contribution >= 0.6 is 0 Å². The summed E-state index contributed by atoms with van der Waals surface area (Å²) in [6, 6.07) is 0.250. The van der Waals surface area contributed by atoms with Crippen molar-refractivity contribution in [1.29, 1.82) is 0 Å². The molecular formula is C10H21NO2. The summed E-state index contributed by atoms with van der Waals surface area (Å²) < 4.78 is 5.16. The first-order valence-corrected chi connectivity index (χ1v) is 4.75. The van der Waals surface area contributed by atoms with Crippen molar-refractivity contribution in [3.8, 4) is 0 Å². The lowest BCUT2D eigenvalue weighted by Gasteiger charge is -2.23. The van der Waals surface area contributed by atoms with Gasteiger partial charge in [0.15, 0.2) is 0 Å². The average Bonchev–Trinajstić information content (AvgIpc) is 2.03. The third kappa shape index (κ3) is 5.64. The molecule has 0 aliphatic heterocycles. The van der Waals surface area contributed by atoms with Gasteiger partial charge < -0.3 is 10.1 Å². The molecule has 13 heavy (non-hydrogen) atoms. The molecule has 1 amide bonds. The summed E-state index contributed by atoms with van der Waals surface area (Å²) in [5, 5.41) is 2.90. The Hall–Kier alpha value is -0.570. The lowest BCUT2D eigenvalue weighted by molar-refractivity contribution is -0.126. The van der Waals surface area contributed by atoms with E-state index in [1.165, 1.54) is 0 Å². The van der Waals surface area contributed by atoms with Crippen LogP contribution in [0.15, 0.2) is 0 Å². The molecule has 0 aromatic carbocycles. The molecule has 0 saturated carbocycles. The Bertz CT molecular complexity index is 166. The summed E-state index contributed by atoms with van der Waals surface area (Å²) in [6.45, 7) is 7.86. The van der Waals surface area contributed by atoms with Crippen molar-refractivity contribution in [2.24, 2.45) is 0 Å². The highest BCUT2D eigenvalue weighted by molar-refractivity contribution is 5.77. The van der Waals surface area contributed by atoms with Gasteiger partial charge in [-0.25, -0.2) is 0 Å². The predicted molar refractivity (Wildman–Crippen MR) is 53.6 cm³/mol. The summed E-state index contributed by atoms with van der Waals surface area (Å²) in [7, 11) is 1.62. The number of nitrogens with one attached hydrogen (secondary N) is 1. The monoisotopic (exact) mass is 187 g/mol. The van der Waals surface area contributed by atoms with Gasteiger partial charge in [-0.3, -0.25) is 4.79 Å². The highest BCUT2D eigenvalue weighted by atomic mass is 16.5. The molecule has 0 bridgehead atoms. The zero-order valence-electron chi connectivity index (χ0n) is 9.31. The van der Waals surface area contributed by atoms with Crippen molar-refractivity contribution in [2.45, 2.75) is 52.2 Å². The highest BCUT2D eigenvalue weighted by Crippen LogP contribution is 2.12. The Kier molecular flexibility index (Phi) is 4.99. The maximum absolute atomic E-state index is 11.4. The van der Waals surface area contributed by atoms with E-state index in [1.807, 2.05) is 27.7 Å². The Morgan fingerprint density at radius 3 is 2.46 bits per heavy atom. The van der Waals surface area contributed by atoms with Crippen LogP contribution in [0.25, 0.3) is 0 Å². The molecule has 78 valence electrons. The van der Waals surface area contributed by atoms with Crippen molar-refractivity contribution < 1.29 is 9.53 Å². The molecule has 3 heteroatoms. The molecule has 1 N–H and O–H groups in total. The second kappa shape index (κ2) is 5.22. The molecule has 0 rings (SSSR count). The van der Waals surface area contributed by atoms with Crippen molar-refractivity contribution in [2.75, 3.05) is 7.11 Å². The SMILES string of the molecule is CCC(C)NC(=O)CC(C)(C)OC. The minimum atomic E-state index is -0.364. The molecule has 0 aromatic heterocycles. The molecule has 1 atom stereocenters. The van der Waals surface area contributed by atoms with E-state index < -0.39 is 0 Å². The number of carbonyl (C=O) groups is 1. The largest absolute Gasteiger partial charge is 0.378 e. The highest BCUT2D eigenvalue weighted by Gasteiger charge is 2.21. The molecular weight excluding hydrogens is 166 g/mol. The van der Waals surface area contributed by atoms with E-state index in [4.69, 9.17) is 4.74 Å². The van der Waals surface area contributed by atoms with Gasteiger partial charge in [-0.15, -0.1) is 0 Å². The summed E-state index contributed by atoms with van der Waals surface area (Å²) in [4.78, 5) is 11.4. The molecule has 0 spiro atoms. The third-order valence-electron chi connectivity index (χ3n) is 2.16. The molecule has 0 radical (unpaired) electrons. The van der Waals surface area contributed by atoms with Crippen LogP contribution in [-0.4, -0.2) is 24.7 Å². The fraction of sp³-hybridized carbons (Fsp3) is 0.900. The fourth-order valence-electron chi connectivity index (χ4n) is 0.887. The second-order valence-electron chi connectivity index (χ2n) is 4.02. The quantitative estimate of drug-likeness (QED) is 0.711. The average molecular weight is 187 g/mol. The van der Waals surface area contributed by atoms with Crippen molar-refractivity contribution in [3.63, 3.8) is 0 Å². The number of hydrogen-bond donors (Lipinski definition) is 1. The molecule has 0 heterocycles. The standard InChI is InChI=1S/C10H21NO2/c1-6-8(2)11-9(12)7-10(3,4)13-5/h8H,6-7H2,1-5H3,(H,11,12). The second-order valence-corrected chi connectivity index (χ2v) is 4.02. The van der Waals surface area contributed by atoms with Crippen LogP contribution in [0.3, 0.4) is 0 Å². The van der Waals surface area contributed by atoms with Gasteiger partial charge in [0.1, 0.15) is 0 Å². The Morgan fingerprint density at radius 2 is 2.08 bits per heavy atom. The first-order chi connectivity index (χ1) is 5.91. The van der Waals surface area contributed by atoms with E-state index in [9.17, 15) is 4.79 Å². The van der Waals surface area contributed by atoms with Crippen LogP contribution in [0.2, 0.25) is 0 Å².